The summed E-state index contributed by atoms with van der Waals surface area (Å²) in [5.74, 6) is -3.58. The van der Waals surface area contributed by atoms with Gasteiger partial charge < -0.3 is 30.1 Å². The van der Waals surface area contributed by atoms with Gasteiger partial charge in [0.2, 0.25) is 5.82 Å². The molecule has 2 aromatic carbocycles. The third kappa shape index (κ3) is 7.14. The predicted molar refractivity (Wildman–Crippen MR) is 148 cm³/mol. The number of aromatic nitrogens is 2. The van der Waals surface area contributed by atoms with Crippen molar-refractivity contribution in [2.45, 2.75) is 13.3 Å². The van der Waals surface area contributed by atoms with Gasteiger partial charge in [-0.15, -0.1) is 0 Å². The summed E-state index contributed by atoms with van der Waals surface area (Å²) < 4.78 is 34.9. The molecule has 3 rings (SSSR count). The van der Waals surface area contributed by atoms with Gasteiger partial charge in [0, 0.05) is 51.2 Å². The molecule has 40 heavy (non-hydrogen) atoms. The van der Waals surface area contributed by atoms with Crippen LogP contribution < -0.4 is 20.8 Å². The topological polar surface area (TPSA) is 121 Å². The van der Waals surface area contributed by atoms with E-state index in [9.17, 15) is 18.4 Å². The number of hydrogen-bond acceptors (Lipinski definition) is 7. The third-order valence-electron chi connectivity index (χ3n) is 5.95. The summed E-state index contributed by atoms with van der Waals surface area (Å²) in [6, 6.07) is 7.05. The normalized spacial score (nSPS) is 11.3. The van der Waals surface area contributed by atoms with Gasteiger partial charge in [-0.3, -0.25) is 9.59 Å². The molecule has 214 valence electrons. The number of anilines is 1. The molecule has 10 nitrogen and oxygen atoms in total. The van der Waals surface area contributed by atoms with Crippen molar-refractivity contribution in [3.05, 3.63) is 76.3 Å². The number of carbonyl (C=O) groups is 2. The lowest BCUT2D eigenvalue weighted by atomic mass is 10.1. The number of aliphatic hydroxyl groups excluding tert-OH is 1. The number of rotatable bonds is 12. The van der Waals surface area contributed by atoms with Crippen molar-refractivity contribution in [3.63, 3.8) is 0 Å². The Balaban J connectivity index is 1.68. The number of nitrogens with zero attached hydrogens (tertiary/aromatic N) is 3. The fraction of sp³-hybridized carbons (Fsp3) is 0.296. The standard InChI is InChI=1S/C27H31ClF2N6O4/c1-16(15-36(31-2)10-5-11-37)13-33-26(38)18-7-6-17(12-20(18)28)34-27(39)25-32-14-21(35(25)3)19-8-9-22(40-4)24(30)23(19)29/h6-9,12,14-15,31,37H,5,10-11,13H2,1-4H3,(H,33,38)(H,34,39)/b16-15+. The number of benzene rings is 2. The zero-order chi connectivity index (χ0) is 29.4. The number of halogens is 3. The van der Waals surface area contributed by atoms with Crippen LogP contribution in [0.4, 0.5) is 14.5 Å². The maximum absolute atomic E-state index is 14.6. The fourth-order valence-corrected chi connectivity index (χ4v) is 4.10. The minimum Gasteiger partial charge on any atom is -0.494 e. The van der Waals surface area contributed by atoms with E-state index in [1.54, 1.807) is 12.1 Å². The van der Waals surface area contributed by atoms with Gasteiger partial charge in [-0.1, -0.05) is 11.6 Å². The summed E-state index contributed by atoms with van der Waals surface area (Å²) in [5, 5.41) is 16.3. The quantitative estimate of drug-likeness (QED) is 0.242. The van der Waals surface area contributed by atoms with E-state index < -0.39 is 23.4 Å². The number of imidazole rings is 1. The average Bonchev–Trinajstić information content (AvgIpc) is 3.32. The Morgan fingerprint density at radius 1 is 1.20 bits per heavy atom. The highest BCUT2D eigenvalue weighted by molar-refractivity contribution is 6.34. The van der Waals surface area contributed by atoms with Crippen molar-refractivity contribution in [1.82, 2.24) is 25.3 Å². The van der Waals surface area contributed by atoms with E-state index in [1.165, 1.54) is 55.3 Å². The Hall–Kier alpha value is -4.00. The van der Waals surface area contributed by atoms with Crippen molar-refractivity contribution >= 4 is 29.1 Å². The van der Waals surface area contributed by atoms with Crippen LogP contribution >= 0.6 is 11.6 Å². The Morgan fingerprint density at radius 2 is 1.95 bits per heavy atom. The number of methoxy groups -OCH3 is 1. The van der Waals surface area contributed by atoms with Crippen molar-refractivity contribution in [1.29, 1.82) is 0 Å². The number of carbonyl (C=O) groups excluding carboxylic acids is 2. The molecule has 0 spiro atoms. The molecule has 0 aliphatic rings. The van der Waals surface area contributed by atoms with Crippen LogP contribution in [0.2, 0.25) is 5.02 Å². The van der Waals surface area contributed by atoms with E-state index in [0.29, 0.717) is 18.7 Å². The number of aliphatic hydroxyl groups is 1. The molecule has 0 bridgehead atoms. The largest absolute Gasteiger partial charge is 0.494 e. The first kappa shape index (κ1) is 30.5. The van der Waals surface area contributed by atoms with E-state index in [2.05, 4.69) is 21.0 Å². The second kappa shape index (κ2) is 13.9. The maximum Gasteiger partial charge on any atom is 0.291 e. The fourth-order valence-electron chi connectivity index (χ4n) is 3.83. The van der Waals surface area contributed by atoms with E-state index in [4.69, 9.17) is 21.4 Å². The monoisotopic (exact) mass is 576 g/mol. The Labute approximate surface area is 235 Å². The molecule has 4 N–H and O–H groups in total. The van der Waals surface area contributed by atoms with Crippen molar-refractivity contribution in [2.24, 2.45) is 7.05 Å². The van der Waals surface area contributed by atoms with Crippen molar-refractivity contribution in [2.75, 3.05) is 39.2 Å². The molecule has 0 saturated heterocycles. The minimum atomic E-state index is -1.14. The highest BCUT2D eigenvalue weighted by Crippen LogP contribution is 2.30. The number of hydrogen-bond donors (Lipinski definition) is 4. The first-order valence-corrected chi connectivity index (χ1v) is 12.6. The Kier molecular flexibility index (Phi) is 10.6. The molecule has 0 aliphatic heterocycles. The molecule has 13 heteroatoms. The first-order chi connectivity index (χ1) is 19.1. The molecule has 0 saturated carbocycles. The summed E-state index contributed by atoms with van der Waals surface area (Å²) in [4.78, 5) is 29.6. The summed E-state index contributed by atoms with van der Waals surface area (Å²) in [6.07, 6.45) is 3.69. The molecule has 1 heterocycles. The molecule has 1 aromatic heterocycles. The molecule has 0 radical (unpaired) electrons. The van der Waals surface area contributed by atoms with Crippen LogP contribution in [0.5, 0.6) is 5.75 Å². The number of nitrogens with one attached hydrogen (secondary N) is 3. The molecule has 3 aromatic rings. The van der Waals surface area contributed by atoms with Crippen LogP contribution in [0.1, 0.15) is 34.3 Å². The first-order valence-electron chi connectivity index (χ1n) is 12.3. The predicted octanol–water partition coefficient (Wildman–Crippen LogP) is 3.73. The second-order valence-electron chi connectivity index (χ2n) is 8.77. The summed E-state index contributed by atoms with van der Waals surface area (Å²) in [5.41, 5.74) is 4.48. The van der Waals surface area contributed by atoms with Crippen molar-refractivity contribution in [3.8, 4) is 17.0 Å². The van der Waals surface area contributed by atoms with Gasteiger partial charge >= 0.3 is 0 Å². The van der Waals surface area contributed by atoms with Crippen LogP contribution in [0, 0.1) is 11.6 Å². The smallest absolute Gasteiger partial charge is 0.291 e. The van der Waals surface area contributed by atoms with Gasteiger partial charge in [0.15, 0.2) is 17.4 Å². The van der Waals surface area contributed by atoms with Crippen molar-refractivity contribution < 1.29 is 28.2 Å². The summed E-state index contributed by atoms with van der Waals surface area (Å²) >= 11 is 6.33. The molecular formula is C27H31ClF2N6O4. The average molecular weight is 577 g/mol. The van der Waals surface area contributed by atoms with Crippen LogP contribution in [-0.2, 0) is 7.05 Å². The molecule has 0 fully saturated rings. The van der Waals surface area contributed by atoms with E-state index in [0.717, 1.165) is 5.57 Å². The summed E-state index contributed by atoms with van der Waals surface area (Å²) in [7, 11) is 4.49. The zero-order valence-electron chi connectivity index (χ0n) is 22.5. The SMILES string of the molecule is CNN(/C=C(\C)CNC(=O)c1ccc(NC(=O)c2ncc(-c3ccc(OC)c(F)c3F)n2C)cc1Cl)CCCO. The van der Waals surface area contributed by atoms with E-state index >= 15 is 0 Å². The maximum atomic E-state index is 14.6. The lowest BCUT2D eigenvalue weighted by Crippen LogP contribution is -2.33. The number of amides is 2. The minimum absolute atomic E-state index is 0.0552. The Morgan fingerprint density at radius 3 is 2.60 bits per heavy atom. The molecule has 2 amide bonds. The molecule has 0 aliphatic carbocycles. The number of hydrazine groups is 1. The second-order valence-corrected chi connectivity index (χ2v) is 9.18. The highest BCUT2D eigenvalue weighted by Gasteiger charge is 2.21. The molecule has 0 unspecified atom stereocenters. The van der Waals surface area contributed by atoms with Gasteiger partial charge in [0.25, 0.3) is 11.8 Å². The zero-order valence-corrected chi connectivity index (χ0v) is 23.3. The Bertz CT molecular complexity index is 1410. The van der Waals surface area contributed by atoms with Gasteiger partial charge in [0.1, 0.15) is 0 Å². The van der Waals surface area contributed by atoms with E-state index in [-0.39, 0.29) is 46.6 Å². The molecule has 0 atom stereocenters. The van der Waals surface area contributed by atoms with Gasteiger partial charge in [-0.2, -0.15) is 4.39 Å². The van der Waals surface area contributed by atoms with Crippen LogP contribution in [0.25, 0.3) is 11.3 Å². The number of ether oxygens (including phenoxy) is 1. The van der Waals surface area contributed by atoms with Crippen LogP contribution in [0.3, 0.4) is 0 Å². The van der Waals surface area contributed by atoms with Gasteiger partial charge in [-0.25, -0.2) is 14.8 Å². The van der Waals surface area contributed by atoms with Crippen LogP contribution in [-0.4, -0.2) is 65.3 Å². The lowest BCUT2D eigenvalue weighted by molar-refractivity contribution is 0.0956. The third-order valence-corrected chi connectivity index (χ3v) is 6.27. The van der Waals surface area contributed by atoms with E-state index in [1.807, 2.05) is 13.1 Å². The summed E-state index contributed by atoms with van der Waals surface area (Å²) in [6.45, 7) is 2.80. The van der Waals surface area contributed by atoms with Crippen LogP contribution in [0.15, 0.2) is 48.3 Å². The van der Waals surface area contributed by atoms with Gasteiger partial charge in [0.05, 0.1) is 29.6 Å². The van der Waals surface area contributed by atoms with Gasteiger partial charge in [-0.05, 0) is 49.2 Å². The molecular weight excluding hydrogens is 546 g/mol. The lowest BCUT2D eigenvalue weighted by Gasteiger charge is -2.19. The highest BCUT2D eigenvalue weighted by atomic mass is 35.5.